The van der Waals surface area contributed by atoms with Crippen molar-refractivity contribution >= 4 is 45.0 Å². The van der Waals surface area contributed by atoms with Crippen molar-refractivity contribution in [2.75, 3.05) is 5.32 Å². The summed E-state index contributed by atoms with van der Waals surface area (Å²) in [4.78, 5) is 26.3. The SMILES string of the molecule is Cc1ccc(NC(=O)NCc2nc(C(=O)O)cs2)cc1Br. The zero-order valence-corrected chi connectivity index (χ0v) is 13.4. The molecule has 0 atom stereocenters. The monoisotopic (exact) mass is 369 g/mol. The van der Waals surface area contributed by atoms with Gasteiger partial charge in [0.05, 0.1) is 6.54 Å². The lowest BCUT2D eigenvalue weighted by atomic mass is 10.2. The number of aromatic nitrogens is 1. The van der Waals surface area contributed by atoms with E-state index in [0.29, 0.717) is 10.7 Å². The fourth-order valence-corrected chi connectivity index (χ4v) is 2.58. The van der Waals surface area contributed by atoms with Crippen LogP contribution in [0.4, 0.5) is 10.5 Å². The molecule has 0 bridgehead atoms. The summed E-state index contributed by atoms with van der Waals surface area (Å²) in [5.41, 5.74) is 1.72. The van der Waals surface area contributed by atoms with Gasteiger partial charge >= 0.3 is 12.0 Å². The molecule has 6 nitrogen and oxygen atoms in total. The fourth-order valence-electron chi connectivity index (χ4n) is 1.49. The zero-order chi connectivity index (χ0) is 15.4. The summed E-state index contributed by atoms with van der Waals surface area (Å²) in [6.07, 6.45) is 0. The van der Waals surface area contributed by atoms with Crippen molar-refractivity contribution in [3.05, 3.63) is 44.3 Å². The van der Waals surface area contributed by atoms with E-state index in [1.54, 1.807) is 12.1 Å². The minimum atomic E-state index is -1.08. The Balaban J connectivity index is 1.89. The first-order valence-corrected chi connectivity index (χ1v) is 7.61. The number of aromatic carboxylic acids is 1. The molecule has 1 aromatic carbocycles. The van der Waals surface area contributed by atoms with E-state index in [9.17, 15) is 9.59 Å². The van der Waals surface area contributed by atoms with Gasteiger partial charge < -0.3 is 15.7 Å². The van der Waals surface area contributed by atoms with Gasteiger partial charge in [-0.3, -0.25) is 0 Å². The second kappa shape index (κ2) is 6.68. The first-order valence-electron chi connectivity index (χ1n) is 5.94. The second-order valence-corrected chi connectivity index (χ2v) is 6.00. The number of carboxylic acids is 1. The first kappa shape index (κ1) is 15.5. The van der Waals surface area contributed by atoms with Crippen molar-refractivity contribution in [3.8, 4) is 0 Å². The molecule has 0 unspecified atom stereocenters. The van der Waals surface area contributed by atoms with Gasteiger partial charge in [-0.15, -0.1) is 11.3 Å². The second-order valence-electron chi connectivity index (χ2n) is 4.20. The number of carbonyl (C=O) groups is 2. The number of nitrogens with zero attached hydrogens (tertiary/aromatic N) is 1. The summed E-state index contributed by atoms with van der Waals surface area (Å²) in [5.74, 6) is -1.08. The number of hydrogen-bond acceptors (Lipinski definition) is 4. The van der Waals surface area contributed by atoms with Crippen LogP contribution in [0.3, 0.4) is 0 Å². The standard InChI is InChI=1S/C13H12BrN3O3S/c1-7-2-3-8(4-9(7)14)16-13(20)15-5-11-17-10(6-21-11)12(18)19/h2-4,6H,5H2,1H3,(H,18,19)(H2,15,16,20). The normalized spacial score (nSPS) is 10.2. The van der Waals surface area contributed by atoms with Gasteiger partial charge in [0.15, 0.2) is 5.69 Å². The third kappa shape index (κ3) is 4.27. The van der Waals surface area contributed by atoms with Crippen LogP contribution < -0.4 is 10.6 Å². The van der Waals surface area contributed by atoms with Gasteiger partial charge in [0.2, 0.25) is 0 Å². The maximum absolute atomic E-state index is 11.7. The summed E-state index contributed by atoms with van der Waals surface area (Å²) in [6, 6.07) is 5.12. The summed E-state index contributed by atoms with van der Waals surface area (Å²) in [5, 5.41) is 16.0. The van der Waals surface area contributed by atoms with Crippen LogP contribution in [0.1, 0.15) is 21.1 Å². The number of carbonyl (C=O) groups excluding carboxylic acids is 1. The van der Waals surface area contributed by atoms with E-state index in [1.165, 1.54) is 16.7 Å². The van der Waals surface area contributed by atoms with E-state index in [0.717, 1.165) is 10.0 Å². The highest BCUT2D eigenvalue weighted by molar-refractivity contribution is 9.10. The molecular weight excluding hydrogens is 358 g/mol. The molecule has 0 fully saturated rings. The maximum Gasteiger partial charge on any atom is 0.355 e. The minimum Gasteiger partial charge on any atom is -0.476 e. The Labute approximate surface area is 133 Å². The summed E-state index contributed by atoms with van der Waals surface area (Å²) < 4.78 is 0.909. The lowest BCUT2D eigenvalue weighted by molar-refractivity contribution is 0.0691. The quantitative estimate of drug-likeness (QED) is 0.771. The minimum absolute atomic E-state index is 0.0142. The van der Waals surface area contributed by atoms with Crippen molar-refractivity contribution in [1.29, 1.82) is 0 Å². The number of carboxylic acid groups (broad SMARTS) is 1. The molecule has 2 rings (SSSR count). The van der Waals surface area contributed by atoms with Gasteiger partial charge in [-0.05, 0) is 24.6 Å². The molecule has 8 heteroatoms. The van der Waals surface area contributed by atoms with Gasteiger partial charge in [0.25, 0.3) is 0 Å². The Hall–Kier alpha value is -1.93. The Bertz CT molecular complexity index is 687. The largest absolute Gasteiger partial charge is 0.476 e. The third-order valence-electron chi connectivity index (χ3n) is 2.60. The van der Waals surface area contributed by atoms with E-state index in [4.69, 9.17) is 5.11 Å². The van der Waals surface area contributed by atoms with E-state index in [1.807, 2.05) is 13.0 Å². The van der Waals surface area contributed by atoms with E-state index >= 15 is 0 Å². The van der Waals surface area contributed by atoms with Crippen molar-refractivity contribution in [2.45, 2.75) is 13.5 Å². The van der Waals surface area contributed by atoms with E-state index in [-0.39, 0.29) is 18.3 Å². The molecule has 0 spiro atoms. The fraction of sp³-hybridized carbons (Fsp3) is 0.154. The molecule has 2 aromatic rings. The van der Waals surface area contributed by atoms with Crippen LogP contribution in [0.15, 0.2) is 28.1 Å². The zero-order valence-electron chi connectivity index (χ0n) is 11.0. The van der Waals surface area contributed by atoms with Crippen molar-refractivity contribution < 1.29 is 14.7 Å². The number of nitrogens with one attached hydrogen (secondary N) is 2. The van der Waals surface area contributed by atoms with E-state index in [2.05, 4.69) is 31.5 Å². The van der Waals surface area contributed by atoms with Crippen LogP contribution >= 0.6 is 27.3 Å². The Morgan fingerprint density at radius 3 is 2.81 bits per heavy atom. The van der Waals surface area contributed by atoms with Crippen molar-refractivity contribution in [2.24, 2.45) is 0 Å². The molecule has 0 saturated carbocycles. The highest BCUT2D eigenvalue weighted by Gasteiger charge is 2.09. The summed E-state index contributed by atoms with van der Waals surface area (Å²) in [7, 11) is 0. The molecule has 0 aliphatic carbocycles. The third-order valence-corrected chi connectivity index (χ3v) is 4.30. The van der Waals surface area contributed by atoms with Crippen LogP contribution in [0.2, 0.25) is 0 Å². The molecule has 3 N–H and O–H groups in total. The number of amides is 2. The Kier molecular flexibility index (Phi) is 4.92. The number of urea groups is 1. The predicted molar refractivity (Wildman–Crippen MR) is 83.8 cm³/mol. The molecule has 0 aliphatic rings. The molecule has 0 aliphatic heterocycles. The first-order chi connectivity index (χ1) is 9.95. The number of aryl methyl sites for hydroxylation is 1. The molecule has 1 aromatic heterocycles. The van der Waals surface area contributed by atoms with Gasteiger partial charge in [0.1, 0.15) is 5.01 Å². The molecule has 2 amide bonds. The maximum atomic E-state index is 11.7. The molecule has 0 saturated heterocycles. The van der Waals surface area contributed by atoms with Gasteiger partial charge in [-0.25, -0.2) is 14.6 Å². The highest BCUT2D eigenvalue weighted by atomic mass is 79.9. The van der Waals surface area contributed by atoms with Gasteiger partial charge in [-0.1, -0.05) is 22.0 Å². The van der Waals surface area contributed by atoms with Crippen LogP contribution in [0.25, 0.3) is 0 Å². The number of benzene rings is 1. The lowest BCUT2D eigenvalue weighted by Gasteiger charge is -2.07. The number of thiazole rings is 1. The number of hydrogen-bond donors (Lipinski definition) is 3. The molecule has 0 radical (unpaired) electrons. The average Bonchev–Trinajstić information content (AvgIpc) is 2.90. The van der Waals surface area contributed by atoms with Crippen molar-refractivity contribution in [1.82, 2.24) is 10.3 Å². The van der Waals surface area contributed by atoms with E-state index < -0.39 is 5.97 Å². The topological polar surface area (TPSA) is 91.3 Å². The van der Waals surface area contributed by atoms with Crippen molar-refractivity contribution in [3.63, 3.8) is 0 Å². The molecule has 110 valence electrons. The molecule has 21 heavy (non-hydrogen) atoms. The summed E-state index contributed by atoms with van der Waals surface area (Å²) >= 11 is 4.58. The number of halogens is 1. The molecular formula is C13H12BrN3O3S. The average molecular weight is 370 g/mol. The predicted octanol–water partition coefficient (Wildman–Crippen LogP) is 3.23. The van der Waals surface area contributed by atoms with Gasteiger partial charge in [0, 0.05) is 15.5 Å². The highest BCUT2D eigenvalue weighted by Crippen LogP contribution is 2.20. The van der Waals surface area contributed by atoms with Crippen LogP contribution in [-0.4, -0.2) is 22.1 Å². The molecule has 1 heterocycles. The number of rotatable bonds is 4. The lowest BCUT2D eigenvalue weighted by Crippen LogP contribution is -2.28. The van der Waals surface area contributed by atoms with Gasteiger partial charge in [-0.2, -0.15) is 0 Å². The Morgan fingerprint density at radius 2 is 2.19 bits per heavy atom. The van der Waals surface area contributed by atoms with Crippen LogP contribution in [0.5, 0.6) is 0 Å². The van der Waals surface area contributed by atoms with Crippen LogP contribution in [-0.2, 0) is 6.54 Å². The number of anilines is 1. The summed E-state index contributed by atoms with van der Waals surface area (Å²) in [6.45, 7) is 2.13. The van der Waals surface area contributed by atoms with Crippen LogP contribution in [0, 0.1) is 6.92 Å². The Morgan fingerprint density at radius 1 is 1.43 bits per heavy atom. The smallest absolute Gasteiger partial charge is 0.355 e.